The number of anilines is 1. The number of aryl methyl sites for hydroxylation is 2. The van der Waals surface area contributed by atoms with E-state index in [1.807, 2.05) is 69.6 Å². The fourth-order valence-corrected chi connectivity index (χ4v) is 12.5. The molecule has 2 aromatic carbocycles. The Balaban J connectivity index is 0.696. The fraction of sp³-hybridized carbons (Fsp3) is 0.474. The van der Waals surface area contributed by atoms with Gasteiger partial charge in [0.1, 0.15) is 35.6 Å². The van der Waals surface area contributed by atoms with Gasteiger partial charge in [-0.3, -0.25) is 24.5 Å². The third-order valence-electron chi connectivity index (χ3n) is 15.9. The molecule has 17 nitrogen and oxygen atoms in total. The zero-order chi connectivity index (χ0) is 52.6. The molecule has 4 unspecified atom stereocenters. The molecule has 5 aromatic heterocycles. The van der Waals surface area contributed by atoms with E-state index in [9.17, 15) is 14.7 Å². The van der Waals surface area contributed by atoms with Gasteiger partial charge in [-0.15, -0.1) is 11.3 Å². The monoisotopic (exact) mass is 1050 g/mol. The highest BCUT2D eigenvalue weighted by Crippen LogP contribution is 2.38. The third kappa shape index (κ3) is 10.6. The summed E-state index contributed by atoms with van der Waals surface area (Å²) in [6.07, 6.45) is 9.24. The molecule has 2 bridgehead atoms. The van der Waals surface area contributed by atoms with Crippen molar-refractivity contribution in [2.45, 2.75) is 109 Å². The summed E-state index contributed by atoms with van der Waals surface area (Å²) in [5, 5.41) is 24.2. The van der Waals surface area contributed by atoms with Gasteiger partial charge in [-0.25, -0.2) is 9.37 Å². The van der Waals surface area contributed by atoms with Crippen molar-refractivity contribution in [1.29, 1.82) is 0 Å². The van der Waals surface area contributed by atoms with Crippen molar-refractivity contribution >= 4 is 50.6 Å². The summed E-state index contributed by atoms with van der Waals surface area (Å²) in [4.78, 5) is 58.5. The minimum absolute atomic E-state index is 0.0410. The lowest BCUT2D eigenvalue weighted by molar-refractivity contribution is -0.141. The second-order valence-corrected chi connectivity index (χ2v) is 22.2. The van der Waals surface area contributed by atoms with Crippen LogP contribution in [0.15, 0.2) is 77.2 Å². The quantitative estimate of drug-likeness (QED) is 0.0792. The van der Waals surface area contributed by atoms with Crippen LogP contribution < -0.4 is 25.0 Å². The van der Waals surface area contributed by atoms with Gasteiger partial charge in [0, 0.05) is 80.3 Å². The summed E-state index contributed by atoms with van der Waals surface area (Å²) in [6, 6.07) is 15.4. The lowest BCUT2D eigenvalue weighted by atomic mass is 9.91. The molecule has 9 heterocycles. The number of piperidine rings is 1. The van der Waals surface area contributed by atoms with Crippen molar-refractivity contribution in [1.82, 2.24) is 50.5 Å². The first-order chi connectivity index (χ1) is 36.9. The van der Waals surface area contributed by atoms with Gasteiger partial charge in [0.2, 0.25) is 11.8 Å². The summed E-state index contributed by atoms with van der Waals surface area (Å²) in [6.45, 7) is 14.4. The molecule has 2 amide bonds. The van der Waals surface area contributed by atoms with E-state index in [0.29, 0.717) is 60.2 Å². The molecule has 4 fully saturated rings. The lowest BCUT2D eigenvalue weighted by Gasteiger charge is -2.34. The normalized spacial score (nSPS) is 20.9. The number of hydrogen-bond donors (Lipinski definition) is 3. The van der Waals surface area contributed by atoms with Crippen LogP contribution in [0.3, 0.4) is 0 Å². The molecule has 0 saturated carbocycles. The molecular formula is C57H66FN11O6S. The second kappa shape index (κ2) is 22.1. The van der Waals surface area contributed by atoms with Gasteiger partial charge in [0.15, 0.2) is 11.6 Å². The summed E-state index contributed by atoms with van der Waals surface area (Å²) >= 11 is 1.59. The van der Waals surface area contributed by atoms with E-state index in [1.165, 1.54) is 4.90 Å². The molecule has 19 heteroatoms. The average Bonchev–Trinajstić information content (AvgIpc) is 4.25. The number of aliphatic hydroxyl groups excluding tert-OH is 1. The molecule has 7 aromatic rings. The van der Waals surface area contributed by atoms with E-state index in [1.54, 1.807) is 36.0 Å². The number of likely N-dealkylation sites (tertiary alicyclic amines) is 2. The number of rotatable bonds is 17. The van der Waals surface area contributed by atoms with Crippen molar-refractivity contribution in [3.05, 3.63) is 101 Å². The van der Waals surface area contributed by atoms with Crippen LogP contribution in [0.5, 0.6) is 11.9 Å². The van der Waals surface area contributed by atoms with Crippen LogP contribution in [0, 0.1) is 24.6 Å². The van der Waals surface area contributed by atoms with Gasteiger partial charge in [0.05, 0.1) is 40.2 Å². The SMILES string of the molecule is CCc1cccc2cncc(-c3ncc4c(N5CC6CCC(C5)N6)nc(OCCN5CCC(COc6cc(C(C(=O)N7C[C@H](O)C[C@H]7C(=O)NC(C)c7ccc(-c8scnc8C)cc7)C(C)C)on6)CC5)nc4c3F)c12. The molecule has 3 N–H and O–H groups in total. The van der Waals surface area contributed by atoms with Gasteiger partial charge in [-0.2, -0.15) is 9.97 Å². The van der Waals surface area contributed by atoms with Crippen LogP contribution in [-0.4, -0.2) is 134 Å². The number of nitrogens with one attached hydrogen (secondary N) is 2. The number of benzene rings is 2. The maximum Gasteiger partial charge on any atom is 0.319 e. The van der Waals surface area contributed by atoms with Crippen LogP contribution in [0.2, 0.25) is 0 Å². The zero-order valence-electron chi connectivity index (χ0n) is 43.7. The first kappa shape index (κ1) is 51.4. The number of pyridine rings is 2. The Bertz CT molecular complexity index is 3200. The largest absolute Gasteiger partial charge is 0.475 e. The zero-order valence-corrected chi connectivity index (χ0v) is 44.6. The fourth-order valence-electron chi connectivity index (χ4n) is 11.7. The predicted molar refractivity (Wildman–Crippen MR) is 289 cm³/mol. The number of nitrogens with zero attached hydrogens (tertiary/aromatic N) is 9. The number of halogens is 1. The molecule has 0 spiro atoms. The maximum atomic E-state index is 17.0. The summed E-state index contributed by atoms with van der Waals surface area (Å²) in [5.74, 6) is -0.526. The minimum Gasteiger partial charge on any atom is -0.475 e. The van der Waals surface area contributed by atoms with Gasteiger partial charge in [-0.1, -0.05) is 63.2 Å². The van der Waals surface area contributed by atoms with Crippen molar-refractivity contribution in [3.8, 4) is 33.6 Å². The average molecular weight is 1050 g/mol. The molecule has 398 valence electrons. The molecule has 0 radical (unpaired) electrons. The number of aromatic nitrogens is 6. The number of piperazine rings is 1. The topological polar surface area (TPSA) is 197 Å². The molecule has 4 aliphatic rings. The number of thiazole rings is 1. The van der Waals surface area contributed by atoms with E-state index < -0.39 is 23.9 Å². The first-order valence-corrected chi connectivity index (χ1v) is 27.7. The third-order valence-corrected chi connectivity index (χ3v) is 16.8. The number of amides is 2. The first-order valence-electron chi connectivity index (χ1n) is 26.9. The van der Waals surface area contributed by atoms with Crippen molar-refractivity contribution in [2.75, 3.05) is 57.4 Å². The summed E-state index contributed by atoms with van der Waals surface area (Å²) in [5.41, 5.74) is 6.90. The van der Waals surface area contributed by atoms with Crippen LogP contribution in [-0.2, 0) is 16.0 Å². The van der Waals surface area contributed by atoms with Crippen molar-refractivity contribution < 1.29 is 33.1 Å². The van der Waals surface area contributed by atoms with Gasteiger partial charge < -0.3 is 39.5 Å². The molecule has 6 atom stereocenters. The van der Waals surface area contributed by atoms with E-state index in [-0.39, 0.29) is 59.9 Å². The van der Waals surface area contributed by atoms with Crippen LogP contribution in [0.25, 0.3) is 43.4 Å². The maximum absolute atomic E-state index is 17.0. The number of β-amino-alcohol motifs (C(OH)–C–C–N with tert-alkyl or cyclic N) is 1. The second-order valence-electron chi connectivity index (χ2n) is 21.4. The van der Waals surface area contributed by atoms with E-state index in [2.05, 4.69) is 48.5 Å². The Morgan fingerprint density at radius 1 is 0.974 bits per heavy atom. The van der Waals surface area contributed by atoms with Gasteiger partial charge in [0.25, 0.3) is 5.88 Å². The molecule has 76 heavy (non-hydrogen) atoms. The Labute approximate surface area is 445 Å². The molecule has 0 aliphatic carbocycles. The Kier molecular flexibility index (Phi) is 15.0. The van der Waals surface area contributed by atoms with E-state index in [0.717, 1.165) is 96.3 Å². The lowest BCUT2D eigenvalue weighted by Crippen LogP contribution is -2.51. The summed E-state index contributed by atoms with van der Waals surface area (Å²) in [7, 11) is 0. The Hall–Kier alpha value is -6.67. The van der Waals surface area contributed by atoms with Crippen LogP contribution in [0.1, 0.15) is 94.3 Å². The molecule has 11 rings (SSSR count). The number of carbonyl (C=O) groups excluding carboxylic acids is 2. The molecule has 4 aliphatic heterocycles. The van der Waals surface area contributed by atoms with Crippen molar-refractivity contribution in [2.24, 2.45) is 11.8 Å². The Morgan fingerprint density at radius 3 is 2.50 bits per heavy atom. The molecular weight excluding hydrogens is 986 g/mol. The van der Waals surface area contributed by atoms with Crippen LogP contribution in [0.4, 0.5) is 10.2 Å². The van der Waals surface area contributed by atoms with Crippen molar-refractivity contribution in [3.63, 3.8) is 0 Å². The standard InChI is InChI=1S/C57H66FN11O6S/c1-6-36-8-7-9-39-24-59-25-43(49(36)39)51-50(58)52-44(26-60-51)54(68-27-40-14-15-41(28-68)63-40)65-57(64-52)73-21-20-67-18-16-35(17-19-67)30-74-47-23-46(75-66-47)48(32(2)3)56(72)69-29-42(70)22-45(69)55(71)62-33(4)37-10-12-38(13-11-37)53-34(5)61-31-76-53/h7-13,23-26,31-33,35,40-42,45,48,63,70H,6,14-22,27-30H2,1-5H3,(H,62,71)/t33?,40?,41?,42-,45+,48?/m1/s1. The number of aliphatic hydroxyl groups is 1. The highest BCUT2D eigenvalue weighted by atomic mass is 32.1. The van der Waals surface area contributed by atoms with E-state index in [4.69, 9.17) is 28.9 Å². The Morgan fingerprint density at radius 2 is 1.76 bits per heavy atom. The predicted octanol–water partition coefficient (Wildman–Crippen LogP) is 8.05. The highest BCUT2D eigenvalue weighted by Gasteiger charge is 2.44. The summed E-state index contributed by atoms with van der Waals surface area (Å²) < 4.78 is 35.3. The number of hydrogen-bond acceptors (Lipinski definition) is 16. The highest BCUT2D eigenvalue weighted by molar-refractivity contribution is 7.13. The number of carbonyl (C=O) groups is 2. The van der Waals surface area contributed by atoms with E-state index >= 15 is 4.39 Å². The number of ether oxygens (including phenoxy) is 2. The van der Waals surface area contributed by atoms with Crippen LogP contribution >= 0.6 is 11.3 Å². The minimum atomic E-state index is -0.844. The molecule has 4 saturated heterocycles. The smallest absolute Gasteiger partial charge is 0.319 e. The van der Waals surface area contributed by atoms with Gasteiger partial charge >= 0.3 is 6.01 Å². The number of fused-ring (bicyclic) bond motifs is 4. The van der Waals surface area contributed by atoms with Gasteiger partial charge in [-0.05, 0) is 98.1 Å².